The van der Waals surface area contributed by atoms with Crippen LogP contribution in [-0.4, -0.2) is 44.8 Å². The maximum atomic E-state index is 13.1. The summed E-state index contributed by atoms with van der Waals surface area (Å²) in [5, 5.41) is 2.59. The van der Waals surface area contributed by atoms with Gasteiger partial charge in [-0.15, -0.1) is 11.3 Å². The van der Waals surface area contributed by atoms with Crippen LogP contribution in [0.2, 0.25) is 0 Å². The Labute approximate surface area is 219 Å². The molecule has 0 aliphatic rings. The summed E-state index contributed by atoms with van der Waals surface area (Å²) in [6, 6.07) is 1.95. The Morgan fingerprint density at radius 2 is 1.81 bits per heavy atom. The fourth-order valence-electron chi connectivity index (χ4n) is 3.94. The zero-order chi connectivity index (χ0) is 27.5. The molecule has 2 rings (SSSR count). The van der Waals surface area contributed by atoms with Crippen molar-refractivity contribution < 1.29 is 24.0 Å². The molecule has 0 aromatic carbocycles. The van der Waals surface area contributed by atoms with Gasteiger partial charge in [-0.3, -0.25) is 28.8 Å². The number of Topliss-reactive ketones (excluding diaryl/α,β-unsaturated/α-hetero) is 3. The van der Waals surface area contributed by atoms with Crippen LogP contribution in [-0.2, 0) is 32.1 Å². The highest BCUT2D eigenvalue weighted by molar-refractivity contribution is 7.11. The van der Waals surface area contributed by atoms with E-state index in [1.807, 2.05) is 0 Å². The molecule has 37 heavy (non-hydrogen) atoms. The molecule has 200 valence electrons. The second kappa shape index (κ2) is 14.3. The summed E-state index contributed by atoms with van der Waals surface area (Å²) in [7, 11) is 0. The SMILES string of the molecule is CCC(CC)CCC(=O)Cn1cccc(CC(=O)[C@H](CCC(=O)C(N)=O)NC(=O)c2scnc2C)c1=O. The van der Waals surface area contributed by atoms with Gasteiger partial charge >= 0.3 is 0 Å². The van der Waals surface area contributed by atoms with Crippen LogP contribution in [0.3, 0.4) is 0 Å². The maximum absolute atomic E-state index is 13.1. The first-order valence-corrected chi connectivity index (χ1v) is 13.2. The van der Waals surface area contributed by atoms with Gasteiger partial charge in [0.05, 0.1) is 23.8 Å². The van der Waals surface area contributed by atoms with E-state index in [-0.39, 0.29) is 37.2 Å². The zero-order valence-corrected chi connectivity index (χ0v) is 22.3. The van der Waals surface area contributed by atoms with Crippen LogP contribution < -0.4 is 16.6 Å². The van der Waals surface area contributed by atoms with Gasteiger partial charge in [-0.2, -0.15) is 0 Å². The molecule has 2 aromatic rings. The van der Waals surface area contributed by atoms with Crippen molar-refractivity contribution in [3.8, 4) is 0 Å². The molecule has 0 aliphatic carbocycles. The van der Waals surface area contributed by atoms with Crippen LogP contribution in [0.25, 0.3) is 0 Å². The molecule has 0 unspecified atom stereocenters. The second-order valence-electron chi connectivity index (χ2n) is 8.99. The predicted octanol–water partition coefficient (Wildman–Crippen LogP) is 2.14. The minimum absolute atomic E-state index is 0.0625. The molecule has 2 amide bonds. The fourth-order valence-corrected chi connectivity index (χ4v) is 4.65. The number of primary amides is 1. The number of amides is 2. The topological polar surface area (TPSA) is 158 Å². The van der Waals surface area contributed by atoms with E-state index < -0.39 is 35.0 Å². The Morgan fingerprint density at radius 3 is 2.41 bits per heavy atom. The first-order chi connectivity index (χ1) is 17.6. The lowest BCUT2D eigenvalue weighted by Gasteiger charge is -2.17. The van der Waals surface area contributed by atoms with E-state index in [9.17, 15) is 28.8 Å². The standard InChI is InChI=1S/C26H34N4O6S/c1-4-17(5-2)8-9-19(31)14-30-12-6-7-18(26(30)36)13-22(33)20(10-11-21(32)24(27)34)29-25(35)23-16(3)28-15-37-23/h6-7,12,15,17,20H,4-5,8-11,13-14H2,1-3H3,(H2,27,34)(H,29,35)/t20-/m0/s1. The van der Waals surface area contributed by atoms with E-state index in [1.165, 1.54) is 22.3 Å². The van der Waals surface area contributed by atoms with Crippen molar-refractivity contribution in [2.75, 3.05) is 0 Å². The highest BCUT2D eigenvalue weighted by atomic mass is 32.1. The fraction of sp³-hybridized carbons (Fsp3) is 0.500. The van der Waals surface area contributed by atoms with E-state index in [1.54, 1.807) is 13.0 Å². The minimum Gasteiger partial charge on any atom is -0.363 e. The van der Waals surface area contributed by atoms with E-state index in [0.29, 0.717) is 22.9 Å². The Balaban J connectivity index is 2.15. The zero-order valence-electron chi connectivity index (χ0n) is 21.5. The summed E-state index contributed by atoms with van der Waals surface area (Å²) in [4.78, 5) is 78.5. The largest absolute Gasteiger partial charge is 0.363 e. The van der Waals surface area contributed by atoms with Gasteiger partial charge in [0.25, 0.3) is 17.4 Å². The third-order valence-corrected chi connectivity index (χ3v) is 7.30. The number of aryl methyl sites for hydroxylation is 1. The van der Waals surface area contributed by atoms with Gasteiger partial charge in [-0.05, 0) is 31.7 Å². The summed E-state index contributed by atoms with van der Waals surface area (Å²) < 4.78 is 1.28. The molecule has 1 atom stereocenters. The van der Waals surface area contributed by atoms with Gasteiger partial charge in [0.15, 0.2) is 11.6 Å². The summed E-state index contributed by atoms with van der Waals surface area (Å²) >= 11 is 1.10. The summed E-state index contributed by atoms with van der Waals surface area (Å²) in [5.74, 6) is -2.65. The summed E-state index contributed by atoms with van der Waals surface area (Å²) in [6.07, 6.45) is 3.82. The maximum Gasteiger partial charge on any atom is 0.284 e. The van der Waals surface area contributed by atoms with E-state index in [2.05, 4.69) is 24.1 Å². The van der Waals surface area contributed by atoms with Crippen molar-refractivity contribution >= 4 is 40.5 Å². The molecule has 2 heterocycles. The van der Waals surface area contributed by atoms with Crippen LogP contribution in [0.15, 0.2) is 28.6 Å². The lowest BCUT2D eigenvalue weighted by molar-refractivity contribution is -0.136. The molecule has 10 nitrogen and oxygen atoms in total. The average molecular weight is 531 g/mol. The first kappa shape index (κ1) is 29.8. The molecule has 0 fully saturated rings. The Hall–Kier alpha value is -3.47. The van der Waals surface area contributed by atoms with E-state index >= 15 is 0 Å². The molecule has 11 heteroatoms. The average Bonchev–Trinajstić information content (AvgIpc) is 3.30. The number of nitrogens with two attached hydrogens (primary N) is 1. The normalized spacial score (nSPS) is 11.8. The number of pyridine rings is 1. The number of hydrogen-bond donors (Lipinski definition) is 2. The summed E-state index contributed by atoms with van der Waals surface area (Å²) in [6.45, 7) is 5.74. The number of nitrogens with one attached hydrogen (secondary N) is 1. The Morgan fingerprint density at radius 1 is 1.11 bits per heavy atom. The van der Waals surface area contributed by atoms with Crippen LogP contribution in [0.4, 0.5) is 0 Å². The molecule has 0 saturated heterocycles. The van der Waals surface area contributed by atoms with Crippen LogP contribution >= 0.6 is 11.3 Å². The van der Waals surface area contributed by atoms with Crippen LogP contribution in [0.1, 0.15) is 73.3 Å². The highest BCUT2D eigenvalue weighted by Crippen LogP contribution is 2.15. The number of aromatic nitrogens is 2. The van der Waals surface area contributed by atoms with E-state index in [4.69, 9.17) is 5.73 Å². The quantitative estimate of drug-likeness (QED) is 0.315. The van der Waals surface area contributed by atoms with Gasteiger partial charge in [0.1, 0.15) is 4.88 Å². The van der Waals surface area contributed by atoms with Gasteiger partial charge in [-0.25, -0.2) is 4.98 Å². The number of rotatable bonds is 16. The third kappa shape index (κ3) is 8.85. The summed E-state index contributed by atoms with van der Waals surface area (Å²) in [5.41, 5.74) is 6.69. The highest BCUT2D eigenvalue weighted by Gasteiger charge is 2.26. The molecule has 0 bridgehead atoms. The van der Waals surface area contributed by atoms with Gasteiger partial charge in [0, 0.05) is 31.0 Å². The number of thiazole rings is 1. The van der Waals surface area contributed by atoms with Crippen molar-refractivity contribution in [3.05, 3.63) is 50.3 Å². The molecule has 0 aliphatic heterocycles. The Kier molecular flexibility index (Phi) is 11.5. The van der Waals surface area contributed by atoms with Crippen LogP contribution in [0.5, 0.6) is 0 Å². The van der Waals surface area contributed by atoms with Crippen molar-refractivity contribution in [2.45, 2.75) is 78.3 Å². The lowest BCUT2D eigenvalue weighted by atomic mass is 9.96. The van der Waals surface area contributed by atoms with Crippen molar-refractivity contribution in [1.29, 1.82) is 0 Å². The number of carbonyl (C=O) groups is 5. The van der Waals surface area contributed by atoms with E-state index in [0.717, 1.165) is 30.6 Å². The first-order valence-electron chi connectivity index (χ1n) is 12.3. The Bertz CT molecular complexity index is 1200. The van der Waals surface area contributed by atoms with Gasteiger partial charge in [0.2, 0.25) is 5.78 Å². The van der Waals surface area contributed by atoms with Crippen molar-refractivity contribution in [1.82, 2.24) is 14.9 Å². The monoisotopic (exact) mass is 530 g/mol. The number of ketones is 3. The molecule has 2 aromatic heterocycles. The molecule has 0 radical (unpaired) electrons. The second-order valence-corrected chi connectivity index (χ2v) is 9.84. The smallest absolute Gasteiger partial charge is 0.284 e. The molecule has 0 spiro atoms. The third-order valence-electron chi connectivity index (χ3n) is 6.38. The lowest BCUT2D eigenvalue weighted by Crippen LogP contribution is -2.43. The number of hydrogen-bond acceptors (Lipinski definition) is 8. The number of carbonyl (C=O) groups excluding carboxylic acids is 5. The van der Waals surface area contributed by atoms with Gasteiger partial charge in [-0.1, -0.05) is 32.8 Å². The van der Waals surface area contributed by atoms with Crippen molar-refractivity contribution in [3.63, 3.8) is 0 Å². The van der Waals surface area contributed by atoms with Crippen molar-refractivity contribution in [2.24, 2.45) is 11.7 Å². The van der Waals surface area contributed by atoms with Crippen LogP contribution in [0, 0.1) is 12.8 Å². The molecular formula is C26H34N4O6S. The minimum atomic E-state index is -1.13. The molecule has 0 saturated carbocycles. The predicted molar refractivity (Wildman–Crippen MR) is 139 cm³/mol. The molecule has 3 N–H and O–H groups in total. The van der Waals surface area contributed by atoms with Gasteiger partial charge < -0.3 is 15.6 Å². The number of nitrogens with zero attached hydrogens (tertiary/aromatic N) is 2. The molecular weight excluding hydrogens is 496 g/mol.